The van der Waals surface area contributed by atoms with Crippen molar-refractivity contribution in [2.24, 2.45) is 0 Å². The highest BCUT2D eigenvalue weighted by atomic mass is 35.5. The van der Waals surface area contributed by atoms with Crippen molar-refractivity contribution >= 4 is 28.6 Å². The van der Waals surface area contributed by atoms with Crippen LogP contribution in [0.15, 0.2) is 18.2 Å². The molecule has 0 spiro atoms. The molecule has 2 aromatic rings. The molecule has 0 atom stereocenters. The van der Waals surface area contributed by atoms with Crippen LogP contribution in [0.2, 0.25) is 4.47 Å². The zero-order valence-electron chi connectivity index (χ0n) is 10.5. The van der Waals surface area contributed by atoms with E-state index in [9.17, 15) is 0 Å². The molecule has 18 heavy (non-hydrogen) atoms. The summed E-state index contributed by atoms with van der Waals surface area (Å²) in [7, 11) is 0. The molecule has 0 saturated carbocycles. The topological polar surface area (TPSA) is 37.8 Å². The zero-order valence-corrected chi connectivity index (χ0v) is 12.1. The molecule has 0 aliphatic heterocycles. The fourth-order valence-corrected chi connectivity index (χ4v) is 2.75. The van der Waals surface area contributed by atoms with Crippen molar-refractivity contribution in [1.29, 1.82) is 0 Å². The lowest BCUT2D eigenvalue weighted by atomic mass is 10.0. The van der Waals surface area contributed by atoms with Gasteiger partial charge in [-0.25, -0.2) is 0 Å². The van der Waals surface area contributed by atoms with Gasteiger partial charge >= 0.3 is 0 Å². The summed E-state index contributed by atoms with van der Waals surface area (Å²) >= 11 is 7.19. The molecule has 0 aliphatic rings. The Morgan fingerprint density at radius 1 is 1.17 bits per heavy atom. The molecule has 0 fully saturated rings. The van der Waals surface area contributed by atoms with Gasteiger partial charge in [-0.3, -0.25) is 0 Å². The number of nitrogens with zero attached hydrogens (tertiary/aromatic N) is 2. The fourth-order valence-electron chi connectivity index (χ4n) is 1.94. The van der Waals surface area contributed by atoms with Crippen LogP contribution in [0.1, 0.15) is 30.0 Å². The van der Waals surface area contributed by atoms with Crippen LogP contribution in [0.3, 0.4) is 0 Å². The number of hydrogen-bond acceptors (Lipinski definition) is 4. The molecule has 0 saturated heterocycles. The fraction of sp³-hybridized carbons (Fsp3) is 0.385. The number of halogens is 1. The van der Waals surface area contributed by atoms with Gasteiger partial charge in [-0.1, -0.05) is 43.4 Å². The first-order chi connectivity index (χ1) is 8.74. The predicted molar refractivity (Wildman–Crippen MR) is 77.4 cm³/mol. The van der Waals surface area contributed by atoms with Gasteiger partial charge in [0.05, 0.1) is 6.54 Å². The lowest BCUT2D eigenvalue weighted by Crippen LogP contribution is -2.05. The molecule has 1 aromatic carbocycles. The quantitative estimate of drug-likeness (QED) is 0.902. The molecule has 0 amide bonds. The minimum absolute atomic E-state index is 0.492. The third-order valence-electron chi connectivity index (χ3n) is 2.86. The summed E-state index contributed by atoms with van der Waals surface area (Å²) in [6.07, 6.45) is 2.04. The van der Waals surface area contributed by atoms with Crippen molar-refractivity contribution < 1.29 is 0 Å². The number of para-hydroxylation sites is 1. The third-order valence-corrected chi connectivity index (χ3v) is 3.88. The summed E-state index contributed by atoms with van der Waals surface area (Å²) in [5.41, 5.74) is 3.91. The first-order valence-electron chi connectivity index (χ1n) is 6.07. The highest BCUT2D eigenvalue weighted by molar-refractivity contribution is 7.15. The van der Waals surface area contributed by atoms with Crippen molar-refractivity contribution in [3.8, 4) is 0 Å². The second-order valence-electron chi connectivity index (χ2n) is 3.96. The highest BCUT2D eigenvalue weighted by Crippen LogP contribution is 2.24. The summed E-state index contributed by atoms with van der Waals surface area (Å²) in [5, 5.41) is 12.2. The van der Waals surface area contributed by atoms with E-state index in [4.69, 9.17) is 11.6 Å². The van der Waals surface area contributed by atoms with Crippen molar-refractivity contribution in [3.05, 3.63) is 38.8 Å². The first-order valence-corrected chi connectivity index (χ1v) is 7.26. The Bertz CT molecular complexity index is 502. The van der Waals surface area contributed by atoms with Crippen molar-refractivity contribution in [3.63, 3.8) is 0 Å². The average Bonchev–Trinajstić information content (AvgIpc) is 2.81. The average molecular weight is 282 g/mol. The maximum Gasteiger partial charge on any atom is 0.207 e. The predicted octanol–water partition coefficient (Wildman–Crippen LogP) is 3.93. The number of nitrogens with one attached hydrogen (secondary N) is 1. The van der Waals surface area contributed by atoms with Gasteiger partial charge < -0.3 is 5.32 Å². The van der Waals surface area contributed by atoms with E-state index in [0.29, 0.717) is 11.0 Å². The Labute approximate surface area is 116 Å². The molecule has 5 heteroatoms. The van der Waals surface area contributed by atoms with Crippen LogP contribution in [0.5, 0.6) is 0 Å². The van der Waals surface area contributed by atoms with E-state index >= 15 is 0 Å². The van der Waals surface area contributed by atoms with Crippen molar-refractivity contribution in [1.82, 2.24) is 10.2 Å². The lowest BCUT2D eigenvalue weighted by molar-refractivity contribution is 0.977. The summed E-state index contributed by atoms with van der Waals surface area (Å²) in [6.45, 7) is 5.01. The molecule has 1 heterocycles. The van der Waals surface area contributed by atoms with E-state index in [1.54, 1.807) is 0 Å². The summed E-state index contributed by atoms with van der Waals surface area (Å²) in [5.74, 6) is 0. The first kappa shape index (κ1) is 13.3. The van der Waals surface area contributed by atoms with Crippen molar-refractivity contribution in [2.75, 3.05) is 5.32 Å². The van der Waals surface area contributed by atoms with Gasteiger partial charge in [0.1, 0.15) is 5.01 Å². The van der Waals surface area contributed by atoms with Gasteiger partial charge in [-0.15, -0.1) is 10.2 Å². The van der Waals surface area contributed by atoms with E-state index in [-0.39, 0.29) is 0 Å². The summed E-state index contributed by atoms with van der Waals surface area (Å²) in [4.78, 5) is 0. The second kappa shape index (κ2) is 6.16. The third kappa shape index (κ3) is 3.00. The molecule has 3 nitrogen and oxygen atoms in total. The molecular formula is C13H16ClN3S. The maximum absolute atomic E-state index is 5.78. The lowest BCUT2D eigenvalue weighted by Gasteiger charge is -2.14. The van der Waals surface area contributed by atoms with Gasteiger partial charge in [-0.2, -0.15) is 0 Å². The number of hydrogen-bond donors (Lipinski definition) is 1. The van der Waals surface area contributed by atoms with Gasteiger partial charge in [0.25, 0.3) is 0 Å². The van der Waals surface area contributed by atoms with Gasteiger partial charge in [0.2, 0.25) is 4.47 Å². The molecule has 1 aromatic heterocycles. The Morgan fingerprint density at radius 3 is 2.33 bits per heavy atom. The number of benzene rings is 1. The van der Waals surface area contributed by atoms with Crippen LogP contribution in [0.4, 0.5) is 5.69 Å². The van der Waals surface area contributed by atoms with Crippen LogP contribution in [-0.4, -0.2) is 10.2 Å². The monoisotopic (exact) mass is 281 g/mol. The summed E-state index contributed by atoms with van der Waals surface area (Å²) in [6, 6.07) is 6.44. The van der Waals surface area contributed by atoms with Crippen LogP contribution < -0.4 is 5.32 Å². The number of aryl methyl sites for hydroxylation is 2. The Balaban J connectivity index is 2.17. The number of rotatable bonds is 5. The summed E-state index contributed by atoms with van der Waals surface area (Å²) < 4.78 is 0.492. The van der Waals surface area contributed by atoms with Gasteiger partial charge in [-0.05, 0) is 35.6 Å². The molecule has 0 aliphatic carbocycles. The van der Waals surface area contributed by atoms with Crippen LogP contribution >= 0.6 is 22.9 Å². The van der Waals surface area contributed by atoms with Crippen molar-refractivity contribution in [2.45, 2.75) is 33.2 Å². The zero-order chi connectivity index (χ0) is 13.0. The standard InChI is InChI=1S/C13H16ClN3S/c1-3-9-6-5-7-10(4-2)12(9)15-8-11-16-17-13(14)18-11/h5-7,15H,3-4,8H2,1-2H3. The largest absolute Gasteiger partial charge is 0.378 e. The second-order valence-corrected chi connectivity index (χ2v) is 5.60. The maximum atomic E-state index is 5.78. The molecule has 96 valence electrons. The van der Waals surface area contributed by atoms with E-state index < -0.39 is 0 Å². The van der Waals surface area contributed by atoms with E-state index in [1.165, 1.54) is 28.2 Å². The van der Waals surface area contributed by atoms with Crippen LogP contribution in [0.25, 0.3) is 0 Å². The van der Waals surface area contributed by atoms with Gasteiger partial charge in [0.15, 0.2) is 0 Å². The molecule has 1 N–H and O–H groups in total. The smallest absolute Gasteiger partial charge is 0.207 e. The molecular weight excluding hydrogens is 266 g/mol. The SMILES string of the molecule is CCc1cccc(CC)c1NCc1nnc(Cl)s1. The number of anilines is 1. The highest BCUT2D eigenvalue weighted by Gasteiger charge is 2.07. The Morgan fingerprint density at radius 2 is 1.83 bits per heavy atom. The minimum Gasteiger partial charge on any atom is -0.378 e. The van der Waals surface area contributed by atoms with E-state index in [2.05, 4.69) is 47.6 Å². The molecule has 0 unspecified atom stereocenters. The Kier molecular flexibility index (Phi) is 4.55. The Hall–Kier alpha value is -1.13. The van der Waals surface area contributed by atoms with Crippen LogP contribution in [-0.2, 0) is 19.4 Å². The van der Waals surface area contributed by atoms with Gasteiger partial charge in [0, 0.05) is 5.69 Å². The molecule has 0 bridgehead atoms. The molecule has 0 radical (unpaired) electrons. The van der Waals surface area contributed by atoms with E-state index in [0.717, 1.165) is 17.8 Å². The minimum atomic E-state index is 0.492. The normalized spacial score (nSPS) is 10.6. The van der Waals surface area contributed by atoms with E-state index in [1.807, 2.05) is 0 Å². The number of aromatic nitrogens is 2. The molecule has 2 rings (SSSR count). The van der Waals surface area contributed by atoms with Crippen LogP contribution in [0, 0.1) is 0 Å².